The molecule has 0 aliphatic carbocycles. The van der Waals surface area contributed by atoms with E-state index in [1.165, 1.54) is 0 Å². The lowest BCUT2D eigenvalue weighted by Crippen LogP contribution is -2.34. The highest BCUT2D eigenvalue weighted by molar-refractivity contribution is 7.80. The number of benzene rings is 1. The van der Waals surface area contributed by atoms with Gasteiger partial charge < -0.3 is 20.3 Å². The molecule has 0 amide bonds. The number of ether oxygens (including phenoxy) is 2. The third-order valence-corrected chi connectivity index (χ3v) is 3.83. The minimum Gasteiger partial charge on any atom is -0.491 e. The molecule has 0 saturated carbocycles. The summed E-state index contributed by atoms with van der Waals surface area (Å²) in [5.74, 6) is 0.663. The van der Waals surface area contributed by atoms with E-state index in [1.54, 1.807) is 13.2 Å². The van der Waals surface area contributed by atoms with Gasteiger partial charge in [-0.15, -0.1) is 0 Å². The Morgan fingerprint density at radius 1 is 1.57 bits per heavy atom. The van der Waals surface area contributed by atoms with Gasteiger partial charge in [-0.1, -0.05) is 24.4 Å². The summed E-state index contributed by atoms with van der Waals surface area (Å²) in [6.45, 7) is 2.65. The van der Waals surface area contributed by atoms with Gasteiger partial charge in [-0.05, 0) is 18.6 Å². The molecule has 1 aliphatic rings. The maximum atomic E-state index is 10.1. The van der Waals surface area contributed by atoms with Gasteiger partial charge in [0.05, 0.1) is 6.10 Å². The zero-order chi connectivity index (χ0) is 15.2. The Kier molecular flexibility index (Phi) is 5.93. The molecule has 0 bridgehead atoms. The molecular weight excluding hydrogens is 288 g/mol. The van der Waals surface area contributed by atoms with Crippen LogP contribution in [0.4, 0.5) is 0 Å². The number of likely N-dealkylation sites (tertiary alicyclic amines) is 1. The van der Waals surface area contributed by atoms with E-state index >= 15 is 0 Å². The Hall–Kier alpha value is -1.21. The molecule has 1 aromatic carbocycles. The number of nitrogens with zero attached hydrogens (tertiary/aromatic N) is 1. The third kappa shape index (κ3) is 4.93. The fourth-order valence-electron chi connectivity index (χ4n) is 2.44. The van der Waals surface area contributed by atoms with E-state index in [9.17, 15) is 5.11 Å². The van der Waals surface area contributed by atoms with Gasteiger partial charge in [-0.3, -0.25) is 4.90 Å². The van der Waals surface area contributed by atoms with Crippen LogP contribution in [0, 0.1) is 0 Å². The Bertz CT molecular complexity index is 484. The number of rotatable bonds is 7. The van der Waals surface area contributed by atoms with Gasteiger partial charge in [0.15, 0.2) is 0 Å². The van der Waals surface area contributed by atoms with Crippen molar-refractivity contribution in [1.82, 2.24) is 4.90 Å². The van der Waals surface area contributed by atoms with Crippen molar-refractivity contribution in [1.29, 1.82) is 0 Å². The molecule has 116 valence electrons. The van der Waals surface area contributed by atoms with Gasteiger partial charge in [-0.25, -0.2) is 0 Å². The Balaban J connectivity index is 1.77. The Morgan fingerprint density at radius 2 is 2.38 bits per heavy atom. The molecule has 1 fully saturated rings. The van der Waals surface area contributed by atoms with Crippen LogP contribution in [0.1, 0.15) is 12.0 Å². The third-order valence-electron chi connectivity index (χ3n) is 3.59. The van der Waals surface area contributed by atoms with Crippen molar-refractivity contribution >= 4 is 17.2 Å². The van der Waals surface area contributed by atoms with Crippen molar-refractivity contribution in [3.63, 3.8) is 0 Å². The lowest BCUT2D eigenvalue weighted by Gasteiger charge is -2.20. The topological polar surface area (TPSA) is 68.0 Å². The van der Waals surface area contributed by atoms with Crippen LogP contribution in [-0.2, 0) is 4.74 Å². The molecule has 6 heteroatoms. The average molecular weight is 310 g/mol. The molecule has 1 heterocycles. The fourth-order valence-corrected chi connectivity index (χ4v) is 2.56. The van der Waals surface area contributed by atoms with Gasteiger partial charge in [0.25, 0.3) is 0 Å². The van der Waals surface area contributed by atoms with E-state index in [1.807, 2.05) is 18.2 Å². The number of thiocarbonyl (C=S) groups is 1. The molecule has 0 spiro atoms. The SMILES string of the molecule is COC1CCN(CC(O)COc2cccc(C(N)=S)c2)C1. The molecule has 5 nitrogen and oxygen atoms in total. The number of hydrogen-bond donors (Lipinski definition) is 2. The van der Waals surface area contributed by atoms with Gasteiger partial charge in [0, 0.05) is 32.3 Å². The van der Waals surface area contributed by atoms with Gasteiger partial charge >= 0.3 is 0 Å². The Labute approximate surface area is 130 Å². The fraction of sp³-hybridized carbons (Fsp3) is 0.533. The summed E-state index contributed by atoms with van der Waals surface area (Å²) in [5, 5.41) is 10.1. The van der Waals surface area contributed by atoms with E-state index in [-0.39, 0.29) is 12.7 Å². The lowest BCUT2D eigenvalue weighted by atomic mass is 10.2. The van der Waals surface area contributed by atoms with Gasteiger partial charge in [-0.2, -0.15) is 0 Å². The first-order valence-corrected chi connectivity index (χ1v) is 7.45. The minimum absolute atomic E-state index is 0.245. The molecular formula is C15H22N2O3S. The van der Waals surface area contributed by atoms with Crippen molar-refractivity contribution in [2.24, 2.45) is 5.73 Å². The Morgan fingerprint density at radius 3 is 3.05 bits per heavy atom. The summed E-state index contributed by atoms with van der Waals surface area (Å²) in [6, 6.07) is 7.28. The number of β-amino-alcohol motifs (C(OH)–C–C–N with tert-alkyl or cyclic N) is 1. The van der Waals surface area contributed by atoms with Crippen molar-refractivity contribution in [2.45, 2.75) is 18.6 Å². The normalized spacial score (nSPS) is 20.4. The molecule has 2 atom stereocenters. The summed E-state index contributed by atoms with van der Waals surface area (Å²) >= 11 is 4.93. The van der Waals surface area contributed by atoms with Crippen LogP contribution >= 0.6 is 12.2 Å². The zero-order valence-corrected chi connectivity index (χ0v) is 13.0. The van der Waals surface area contributed by atoms with Crippen LogP contribution in [-0.4, -0.2) is 60.6 Å². The monoisotopic (exact) mass is 310 g/mol. The second kappa shape index (κ2) is 7.70. The summed E-state index contributed by atoms with van der Waals surface area (Å²) in [4.78, 5) is 2.52. The van der Waals surface area contributed by atoms with Crippen LogP contribution in [0.25, 0.3) is 0 Å². The number of hydrogen-bond acceptors (Lipinski definition) is 5. The van der Waals surface area contributed by atoms with Crippen LogP contribution in [0.3, 0.4) is 0 Å². The first-order valence-electron chi connectivity index (χ1n) is 7.04. The second-order valence-electron chi connectivity index (χ2n) is 5.26. The summed E-state index contributed by atoms with van der Waals surface area (Å²) in [5.41, 5.74) is 6.35. The summed E-state index contributed by atoms with van der Waals surface area (Å²) in [7, 11) is 1.72. The predicted molar refractivity (Wildman–Crippen MR) is 85.7 cm³/mol. The highest BCUT2D eigenvalue weighted by atomic mass is 32.1. The minimum atomic E-state index is -0.533. The largest absolute Gasteiger partial charge is 0.491 e. The first kappa shape index (κ1) is 16.2. The molecule has 21 heavy (non-hydrogen) atoms. The van der Waals surface area contributed by atoms with E-state index in [0.717, 1.165) is 25.1 Å². The standard InChI is InChI=1S/C15H22N2O3S/c1-19-14-5-6-17(9-14)8-12(18)10-20-13-4-2-3-11(7-13)15(16)21/h2-4,7,12,14,18H,5-6,8-10H2,1H3,(H2,16,21). The van der Waals surface area contributed by atoms with Crippen LogP contribution in [0.15, 0.2) is 24.3 Å². The summed E-state index contributed by atoms with van der Waals surface area (Å²) in [6.07, 6.45) is 0.759. The van der Waals surface area contributed by atoms with Gasteiger partial charge in [0.2, 0.25) is 0 Å². The number of aliphatic hydroxyl groups is 1. The molecule has 0 radical (unpaired) electrons. The molecule has 1 aromatic rings. The molecule has 2 unspecified atom stereocenters. The number of aliphatic hydroxyl groups excluding tert-OH is 1. The van der Waals surface area contributed by atoms with Crippen LogP contribution < -0.4 is 10.5 Å². The second-order valence-corrected chi connectivity index (χ2v) is 5.70. The molecule has 0 aromatic heterocycles. The molecule has 2 rings (SSSR count). The number of nitrogens with two attached hydrogens (primary N) is 1. The van der Waals surface area contributed by atoms with Gasteiger partial charge in [0.1, 0.15) is 23.4 Å². The van der Waals surface area contributed by atoms with E-state index in [4.69, 9.17) is 27.4 Å². The smallest absolute Gasteiger partial charge is 0.120 e. The first-order chi connectivity index (χ1) is 10.1. The van der Waals surface area contributed by atoms with Crippen LogP contribution in [0.5, 0.6) is 5.75 Å². The molecule has 1 aliphatic heterocycles. The van der Waals surface area contributed by atoms with E-state index < -0.39 is 6.10 Å². The van der Waals surface area contributed by atoms with Crippen LogP contribution in [0.2, 0.25) is 0 Å². The quantitative estimate of drug-likeness (QED) is 0.726. The zero-order valence-electron chi connectivity index (χ0n) is 12.2. The van der Waals surface area contributed by atoms with Crippen molar-refractivity contribution in [3.8, 4) is 5.75 Å². The average Bonchev–Trinajstić information content (AvgIpc) is 2.93. The maximum Gasteiger partial charge on any atom is 0.120 e. The lowest BCUT2D eigenvalue weighted by molar-refractivity contribution is 0.0642. The maximum absolute atomic E-state index is 10.1. The highest BCUT2D eigenvalue weighted by Crippen LogP contribution is 2.15. The predicted octanol–water partition coefficient (Wildman–Crippen LogP) is 0.781. The van der Waals surface area contributed by atoms with E-state index in [2.05, 4.69) is 4.90 Å². The molecule has 1 saturated heterocycles. The van der Waals surface area contributed by atoms with Crippen molar-refractivity contribution in [3.05, 3.63) is 29.8 Å². The highest BCUT2D eigenvalue weighted by Gasteiger charge is 2.23. The van der Waals surface area contributed by atoms with E-state index in [0.29, 0.717) is 17.3 Å². The number of methoxy groups -OCH3 is 1. The van der Waals surface area contributed by atoms with Crippen molar-refractivity contribution in [2.75, 3.05) is 33.4 Å². The van der Waals surface area contributed by atoms with Crippen molar-refractivity contribution < 1.29 is 14.6 Å². The molecule has 3 N–H and O–H groups in total. The summed E-state index contributed by atoms with van der Waals surface area (Å²) < 4.78 is 10.9.